The summed E-state index contributed by atoms with van der Waals surface area (Å²) >= 11 is 0. The number of unbranched alkanes of at least 4 members (excludes halogenated alkanes) is 1. The molecule has 0 amide bonds. The maximum atomic E-state index is 2.52. The summed E-state index contributed by atoms with van der Waals surface area (Å²) in [5, 5.41) is 0. The molecule has 2 aliphatic carbocycles. The molecule has 0 bridgehead atoms. The van der Waals surface area contributed by atoms with Gasteiger partial charge in [0.1, 0.15) is 0 Å². The summed E-state index contributed by atoms with van der Waals surface area (Å²) in [5.74, 6) is 4.83. The first kappa shape index (κ1) is 20.9. The minimum absolute atomic E-state index is 0.749. The van der Waals surface area contributed by atoms with Gasteiger partial charge < -0.3 is 0 Å². The van der Waals surface area contributed by atoms with E-state index in [1.165, 1.54) is 83.5 Å². The van der Waals surface area contributed by atoms with Crippen LogP contribution in [-0.4, -0.2) is 0 Å². The zero-order valence-electron chi connectivity index (χ0n) is 18.4. The normalized spacial score (nSPS) is 30.2. The average Bonchev–Trinajstić information content (AvgIpc) is 2.73. The van der Waals surface area contributed by atoms with E-state index in [1.807, 2.05) is 0 Å². The molecule has 1 atom stereocenters. The van der Waals surface area contributed by atoms with Crippen molar-refractivity contribution in [2.24, 2.45) is 23.7 Å². The molecule has 1 unspecified atom stereocenters. The van der Waals surface area contributed by atoms with Crippen LogP contribution in [0.4, 0.5) is 0 Å². The van der Waals surface area contributed by atoms with E-state index in [4.69, 9.17) is 0 Å². The molecule has 2 saturated carbocycles. The van der Waals surface area contributed by atoms with Crippen molar-refractivity contribution in [1.82, 2.24) is 0 Å². The van der Waals surface area contributed by atoms with E-state index in [2.05, 4.69) is 45.0 Å². The fraction of sp³-hybridized carbons (Fsp3) is 0.778. The molecule has 0 radical (unpaired) electrons. The zero-order valence-corrected chi connectivity index (χ0v) is 18.4. The van der Waals surface area contributed by atoms with E-state index in [0.29, 0.717) is 0 Å². The Morgan fingerprint density at radius 2 is 1.44 bits per heavy atom. The molecule has 27 heavy (non-hydrogen) atoms. The maximum absolute atomic E-state index is 2.52. The predicted molar refractivity (Wildman–Crippen MR) is 119 cm³/mol. The second-order valence-corrected chi connectivity index (χ2v) is 9.84. The molecule has 1 aromatic rings. The van der Waals surface area contributed by atoms with Crippen molar-refractivity contribution in [2.45, 2.75) is 110 Å². The summed E-state index contributed by atoms with van der Waals surface area (Å²) in [4.78, 5) is 0. The fourth-order valence-corrected chi connectivity index (χ4v) is 6.30. The van der Waals surface area contributed by atoms with Gasteiger partial charge in [-0.3, -0.25) is 0 Å². The monoisotopic (exact) mass is 368 g/mol. The molecule has 0 saturated heterocycles. The van der Waals surface area contributed by atoms with Crippen LogP contribution in [0, 0.1) is 23.7 Å². The topological polar surface area (TPSA) is 0 Å². The molecule has 0 heterocycles. The first-order chi connectivity index (χ1) is 13.2. The first-order valence-corrected chi connectivity index (χ1v) is 12.3. The molecule has 0 nitrogen and oxygen atoms in total. The molecule has 0 aliphatic heterocycles. The van der Waals surface area contributed by atoms with Crippen molar-refractivity contribution in [2.75, 3.05) is 0 Å². The Morgan fingerprint density at radius 3 is 2.07 bits per heavy atom. The highest BCUT2D eigenvalue weighted by Gasteiger charge is 2.32. The van der Waals surface area contributed by atoms with Gasteiger partial charge in [0.15, 0.2) is 0 Å². The predicted octanol–water partition coefficient (Wildman–Crippen LogP) is 8.55. The highest BCUT2D eigenvalue weighted by Crippen LogP contribution is 2.45. The van der Waals surface area contributed by atoms with Crippen LogP contribution in [0.15, 0.2) is 24.3 Å². The van der Waals surface area contributed by atoms with Crippen LogP contribution >= 0.6 is 0 Å². The van der Waals surface area contributed by atoms with Gasteiger partial charge in [0.05, 0.1) is 0 Å². The minimum atomic E-state index is 0.749. The Kier molecular flexibility index (Phi) is 8.28. The van der Waals surface area contributed by atoms with Crippen LogP contribution in [-0.2, 0) is 6.42 Å². The molecule has 0 spiro atoms. The molecule has 0 heteroatoms. The van der Waals surface area contributed by atoms with Crippen LogP contribution in [0.25, 0.3) is 0 Å². The van der Waals surface area contributed by atoms with Gasteiger partial charge in [0.25, 0.3) is 0 Å². The quantitative estimate of drug-likeness (QED) is 0.431. The van der Waals surface area contributed by atoms with E-state index in [-0.39, 0.29) is 0 Å². The lowest BCUT2D eigenvalue weighted by atomic mass is 9.66. The Labute approximate surface area is 169 Å². The third-order valence-electron chi connectivity index (χ3n) is 8.12. The number of hydrogen-bond acceptors (Lipinski definition) is 0. The van der Waals surface area contributed by atoms with Crippen LogP contribution in [0.1, 0.15) is 115 Å². The summed E-state index contributed by atoms with van der Waals surface area (Å²) in [7, 11) is 0. The average molecular weight is 369 g/mol. The SMILES string of the molecule is CCCCc1ccccc1C(C)C1CCC(C2CCC(CCC)CC2)CC1. The zero-order chi connectivity index (χ0) is 19.1. The van der Waals surface area contributed by atoms with Gasteiger partial charge in [-0.15, -0.1) is 0 Å². The van der Waals surface area contributed by atoms with Crippen molar-refractivity contribution < 1.29 is 0 Å². The van der Waals surface area contributed by atoms with E-state index in [1.54, 1.807) is 11.1 Å². The lowest BCUT2D eigenvalue weighted by Gasteiger charge is -2.39. The highest BCUT2D eigenvalue weighted by atomic mass is 14.4. The molecular formula is C27H44. The van der Waals surface area contributed by atoms with Gasteiger partial charge in [-0.25, -0.2) is 0 Å². The van der Waals surface area contributed by atoms with Gasteiger partial charge in [0, 0.05) is 0 Å². The van der Waals surface area contributed by atoms with Crippen LogP contribution < -0.4 is 0 Å². The molecule has 3 rings (SSSR count). The van der Waals surface area contributed by atoms with Crippen LogP contribution in [0.2, 0.25) is 0 Å². The third-order valence-corrected chi connectivity index (χ3v) is 8.12. The van der Waals surface area contributed by atoms with Crippen molar-refractivity contribution in [3.63, 3.8) is 0 Å². The van der Waals surface area contributed by atoms with Gasteiger partial charge in [-0.1, -0.05) is 77.1 Å². The van der Waals surface area contributed by atoms with Crippen molar-refractivity contribution in [1.29, 1.82) is 0 Å². The van der Waals surface area contributed by atoms with E-state index in [0.717, 1.165) is 29.6 Å². The third kappa shape index (κ3) is 5.61. The number of aryl methyl sites for hydroxylation is 1. The summed E-state index contributed by atoms with van der Waals surface area (Å²) in [6.45, 7) is 7.18. The smallest absolute Gasteiger partial charge is 0.0159 e. The second kappa shape index (κ2) is 10.7. The number of hydrogen-bond donors (Lipinski definition) is 0. The van der Waals surface area contributed by atoms with Crippen molar-refractivity contribution in [3.8, 4) is 0 Å². The largest absolute Gasteiger partial charge is 0.0654 e. The summed E-state index contributed by atoms with van der Waals surface area (Å²) in [6.07, 6.45) is 18.9. The molecule has 0 N–H and O–H groups in total. The summed E-state index contributed by atoms with van der Waals surface area (Å²) < 4.78 is 0. The maximum Gasteiger partial charge on any atom is -0.0159 e. The van der Waals surface area contributed by atoms with Crippen molar-refractivity contribution >= 4 is 0 Å². The molecule has 2 fully saturated rings. The van der Waals surface area contributed by atoms with Crippen LogP contribution in [0.5, 0.6) is 0 Å². The molecule has 1 aromatic carbocycles. The highest BCUT2D eigenvalue weighted by molar-refractivity contribution is 5.30. The fourth-order valence-electron chi connectivity index (χ4n) is 6.30. The van der Waals surface area contributed by atoms with Gasteiger partial charge in [-0.2, -0.15) is 0 Å². The molecule has 2 aliphatic rings. The molecule has 152 valence electrons. The Hall–Kier alpha value is -0.780. The Balaban J connectivity index is 1.51. The minimum Gasteiger partial charge on any atom is -0.0654 e. The standard InChI is InChI=1S/C27H44/c1-4-6-10-26-11-7-8-12-27(26)21(3)23-17-19-25(20-18-23)24-15-13-22(9-5-2)14-16-24/h7-8,11-12,21-25H,4-6,9-10,13-20H2,1-3H3. The summed E-state index contributed by atoms with van der Waals surface area (Å²) in [5.41, 5.74) is 3.29. The molecular weight excluding hydrogens is 324 g/mol. The van der Waals surface area contributed by atoms with E-state index in [9.17, 15) is 0 Å². The summed E-state index contributed by atoms with van der Waals surface area (Å²) in [6, 6.07) is 9.33. The van der Waals surface area contributed by atoms with Gasteiger partial charge >= 0.3 is 0 Å². The second-order valence-electron chi connectivity index (χ2n) is 9.84. The van der Waals surface area contributed by atoms with Gasteiger partial charge in [0.2, 0.25) is 0 Å². The molecule has 0 aromatic heterocycles. The van der Waals surface area contributed by atoms with Gasteiger partial charge in [-0.05, 0) is 92.1 Å². The van der Waals surface area contributed by atoms with Crippen molar-refractivity contribution in [3.05, 3.63) is 35.4 Å². The van der Waals surface area contributed by atoms with Crippen LogP contribution in [0.3, 0.4) is 0 Å². The lowest BCUT2D eigenvalue weighted by molar-refractivity contribution is 0.137. The Morgan fingerprint density at radius 1 is 0.815 bits per heavy atom. The lowest BCUT2D eigenvalue weighted by Crippen LogP contribution is -2.27. The number of benzene rings is 1. The first-order valence-electron chi connectivity index (χ1n) is 12.3. The van der Waals surface area contributed by atoms with E-state index < -0.39 is 0 Å². The van der Waals surface area contributed by atoms with E-state index >= 15 is 0 Å². The Bertz CT molecular complexity index is 529. The number of rotatable bonds is 8.